The molecular weight excluding hydrogens is 430 g/mol. The number of rotatable bonds is 8. The number of hydrogen-bond acceptors (Lipinski definition) is 7. The molecule has 0 aliphatic heterocycles. The lowest BCUT2D eigenvalue weighted by Gasteiger charge is -2.17. The summed E-state index contributed by atoms with van der Waals surface area (Å²) < 4.78 is 10.6. The molecule has 34 heavy (non-hydrogen) atoms. The first-order chi connectivity index (χ1) is 16.6. The monoisotopic (exact) mass is 455 g/mol. The average molecular weight is 456 g/mol. The molecule has 0 radical (unpaired) electrons. The Hall–Kier alpha value is -4.59. The molecule has 3 aromatic carbocycles. The Labute approximate surface area is 198 Å². The smallest absolute Gasteiger partial charge is 0.255 e. The van der Waals surface area contributed by atoms with Gasteiger partial charge in [0.15, 0.2) is 17.3 Å². The summed E-state index contributed by atoms with van der Waals surface area (Å²) in [7, 11) is 3.07. The third kappa shape index (κ3) is 5.24. The van der Waals surface area contributed by atoms with E-state index in [2.05, 4.69) is 25.9 Å². The van der Waals surface area contributed by atoms with E-state index >= 15 is 0 Å². The van der Waals surface area contributed by atoms with E-state index in [4.69, 9.17) is 9.47 Å². The van der Waals surface area contributed by atoms with Crippen LogP contribution < -0.4 is 25.4 Å². The minimum Gasteiger partial charge on any atom is -0.493 e. The Morgan fingerprint density at radius 1 is 0.765 bits per heavy atom. The lowest BCUT2D eigenvalue weighted by Crippen LogP contribution is -2.16. The summed E-state index contributed by atoms with van der Waals surface area (Å²) >= 11 is 0. The van der Waals surface area contributed by atoms with Crippen molar-refractivity contribution in [2.24, 2.45) is 0 Å². The maximum Gasteiger partial charge on any atom is 0.255 e. The molecule has 1 heterocycles. The number of nitrogens with zero attached hydrogens (tertiary/aromatic N) is 2. The van der Waals surface area contributed by atoms with Crippen molar-refractivity contribution in [3.8, 4) is 11.5 Å². The van der Waals surface area contributed by atoms with Crippen molar-refractivity contribution in [1.29, 1.82) is 0 Å². The fraction of sp³-hybridized carbons (Fsp3) is 0.115. The van der Waals surface area contributed by atoms with Crippen molar-refractivity contribution in [1.82, 2.24) is 9.97 Å². The van der Waals surface area contributed by atoms with E-state index in [0.717, 1.165) is 11.4 Å². The molecule has 0 unspecified atom stereocenters. The topological polar surface area (TPSA) is 97.4 Å². The van der Waals surface area contributed by atoms with E-state index in [1.807, 2.05) is 67.6 Å². The van der Waals surface area contributed by atoms with Gasteiger partial charge in [0.2, 0.25) is 5.95 Å². The van der Waals surface area contributed by atoms with Crippen molar-refractivity contribution in [2.75, 3.05) is 30.2 Å². The molecule has 8 heteroatoms. The molecule has 0 saturated carbocycles. The van der Waals surface area contributed by atoms with E-state index in [1.54, 1.807) is 25.3 Å². The molecule has 0 aliphatic carbocycles. The number of aryl methyl sites for hydroxylation is 1. The molecule has 172 valence electrons. The number of carbonyl (C=O) groups excluding carboxylic acids is 1. The molecule has 0 aliphatic rings. The first-order valence-electron chi connectivity index (χ1n) is 10.6. The van der Waals surface area contributed by atoms with E-state index in [1.165, 1.54) is 7.11 Å². The van der Waals surface area contributed by atoms with Crippen LogP contribution in [0.5, 0.6) is 11.5 Å². The standard InChI is InChI=1S/C26H25N5O3/c1-17-23(30-25(32)18-14-15-21(33-2)22(16-18)34-3)24(28-19-10-6-4-7-11-19)31-26(27-17)29-20-12-8-5-9-13-20/h4-16H,1-3H3,(H,30,32)(H2,27,28,29,31). The van der Waals surface area contributed by atoms with Crippen LogP contribution in [0, 0.1) is 6.92 Å². The Morgan fingerprint density at radius 3 is 2.00 bits per heavy atom. The summed E-state index contributed by atoms with van der Waals surface area (Å²) in [6.45, 7) is 1.82. The molecule has 1 amide bonds. The van der Waals surface area contributed by atoms with Gasteiger partial charge in [-0.1, -0.05) is 36.4 Å². The second kappa shape index (κ2) is 10.4. The minimum atomic E-state index is -0.326. The second-order valence-electron chi connectivity index (χ2n) is 7.36. The molecule has 1 aromatic heterocycles. The quantitative estimate of drug-likeness (QED) is 0.321. The lowest BCUT2D eigenvalue weighted by molar-refractivity contribution is 0.102. The third-order valence-corrected chi connectivity index (χ3v) is 5.04. The van der Waals surface area contributed by atoms with Crippen LogP contribution in [0.25, 0.3) is 0 Å². The second-order valence-corrected chi connectivity index (χ2v) is 7.36. The van der Waals surface area contributed by atoms with Crippen molar-refractivity contribution in [2.45, 2.75) is 6.92 Å². The summed E-state index contributed by atoms with van der Waals surface area (Å²) in [5.41, 5.74) is 3.17. The summed E-state index contributed by atoms with van der Waals surface area (Å²) in [6, 6.07) is 24.2. The molecule has 0 atom stereocenters. The Kier molecular flexibility index (Phi) is 6.88. The maximum absolute atomic E-state index is 13.1. The molecule has 0 saturated heterocycles. The predicted octanol–water partition coefficient (Wildman–Crippen LogP) is 5.54. The zero-order valence-electron chi connectivity index (χ0n) is 19.1. The number of ether oxygens (including phenoxy) is 2. The number of aromatic nitrogens is 2. The van der Waals surface area contributed by atoms with Crippen molar-refractivity contribution in [3.05, 3.63) is 90.1 Å². The van der Waals surface area contributed by atoms with Gasteiger partial charge in [-0.2, -0.15) is 4.98 Å². The van der Waals surface area contributed by atoms with Gasteiger partial charge in [-0.25, -0.2) is 4.98 Å². The van der Waals surface area contributed by atoms with Crippen molar-refractivity contribution < 1.29 is 14.3 Å². The van der Waals surface area contributed by atoms with Crippen LogP contribution >= 0.6 is 0 Å². The van der Waals surface area contributed by atoms with Crippen LogP contribution in [0.3, 0.4) is 0 Å². The highest BCUT2D eigenvalue weighted by molar-refractivity contribution is 6.06. The van der Waals surface area contributed by atoms with Gasteiger partial charge < -0.3 is 25.4 Å². The zero-order valence-corrected chi connectivity index (χ0v) is 19.1. The summed E-state index contributed by atoms with van der Waals surface area (Å²) in [5, 5.41) is 9.44. The number of carbonyl (C=O) groups is 1. The summed E-state index contributed by atoms with van der Waals surface area (Å²) in [6.07, 6.45) is 0. The first kappa shape index (κ1) is 22.6. The third-order valence-electron chi connectivity index (χ3n) is 5.04. The molecule has 0 fully saturated rings. The fourth-order valence-electron chi connectivity index (χ4n) is 3.34. The van der Waals surface area contributed by atoms with Crippen molar-refractivity contribution >= 4 is 34.7 Å². The van der Waals surface area contributed by atoms with Gasteiger partial charge in [-0.05, 0) is 49.4 Å². The Morgan fingerprint density at radius 2 is 1.38 bits per heavy atom. The SMILES string of the molecule is COc1ccc(C(=O)Nc2c(C)nc(Nc3ccccc3)nc2Nc2ccccc2)cc1OC. The largest absolute Gasteiger partial charge is 0.493 e. The Bertz CT molecular complexity index is 1280. The van der Waals surface area contributed by atoms with Crippen LogP contribution in [0.2, 0.25) is 0 Å². The number of benzene rings is 3. The van der Waals surface area contributed by atoms with Crippen LogP contribution in [0.1, 0.15) is 16.1 Å². The van der Waals surface area contributed by atoms with Crippen molar-refractivity contribution in [3.63, 3.8) is 0 Å². The fourth-order valence-corrected chi connectivity index (χ4v) is 3.34. The molecule has 8 nitrogen and oxygen atoms in total. The normalized spacial score (nSPS) is 10.3. The first-order valence-corrected chi connectivity index (χ1v) is 10.6. The lowest BCUT2D eigenvalue weighted by atomic mass is 10.1. The van der Waals surface area contributed by atoms with Crippen LogP contribution in [-0.4, -0.2) is 30.1 Å². The van der Waals surface area contributed by atoms with Crippen LogP contribution in [0.4, 0.5) is 28.8 Å². The zero-order chi connectivity index (χ0) is 23.9. The van der Waals surface area contributed by atoms with Gasteiger partial charge in [0.25, 0.3) is 5.91 Å². The predicted molar refractivity (Wildman–Crippen MR) is 134 cm³/mol. The molecule has 4 rings (SSSR count). The number of para-hydroxylation sites is 2. The average Bonchev–Trinajstić information content (AvgIpc) is 2.86. The number of anilines is 5. The van der Waals surface area contributed by atoms with Gasteiger partial charge in [0, 0.05) is 16.9 Å². The van der Waals surface area contributed by atoms with Gasteiger partial charge >= 0.3 is 0 Å². The minimum absolute atomic E-state index is 0.326. The Balaban J connectivity index is 1.68. The number of amides is 1. The molecule has 3 N–H and O–H groups in total. The van der Waals surface area contributed by atoms with Gasteiger partial charge in [0.05, 0.1) is 19.9 Å². The van der Waals surface area contributed by atoms with Gasteiger partial charge in [0.1, 0.15) is 5.69 Å². The number of methoxy groups -OCH3 is 2. The molecule has 0 bridgehead atoms. The van der Waals surface area contributed by atoms with Crippen LogP contribution in [-0.2, 0) is 0 Å². The van der Waals surface area contributed by atoms with Gasteiger partial charge in [-0.15, -0.1) is 0 Å². The van der Waals surface area contributed by atoms with Gasteiger partial charge in [-0.3, -0.25) is 4.79 Å². The maximum atomic E-state index is 13.1. The van der Waals surface area contributed by atoms with Crippen LogP contribution in [0.15, 0.2) is 78.9 Å². The molecule has 4 aromatic rings. The highest BCUT2D eigenvalue weighted by Gasteiger charge is 2.18. The van der Waals surface area contributed by atoms with E-state index in [9.17, 15) is 4.79 Å². The van der Waals surface area contributed by atoms with E-state index in [-0.39, 0.29) is 5.91 Å². The molecule has 0 spiro atoms. The number of hydrogen-bond donors (Lipinski definition) is 3. The van der Waals surface area contributed by atoms with E-state index in [0.29, 0.717) is 40.2 Å². The highest BCUT2D eigenvalue weighted by atomic mass is 16.5. The molecular formula is C26H25N5O3. The summed E-state index contributed by atoms with van der Waals surface area (Å²) in [4.78, 5) is 22.3. The van der Waals surface area contributed by atoms with E-state index < -0.39 is 0 Å². The number of nitrogens with one attached hydrogen (secondary N) is 3. The summed E-state index contributed by atoms with van der Waals surface area (Å²) in [5.74, 6) is 1.55. The highest BCUT2D eigenvalue weighted by Crippen LogP contribution is 2.31.